The Bertz CT molecular complexity index is 1790. The van der Waals surface area contributed by atoms with E-state index in [1.807, 2.05) is 0 Å². The molecule has 0 fully saturated rings. The molecule has 204 valence electrons. The average molecular weight is 751 g/mol. The van der Waals surface area contributed by atoms with Crippen molar-refractivity contribution in [2.24, 2.45) is 0 Å². The molecule has 4 aromatic carbocycles. The van der Waals surface area contributed by atoms with Crippen LogP contribution < -0.4 is 0 Å². The van der Waals surface area contributed by atoms with E-state index in [1.54, 1.807) is 0 Å². The molecule has 2 aromatic heterocycles. The minimum atomic E-state index is 0.169. The number of hydrogen-bond acceptors (Lipinski definition) is 0. The van der Waals surface area contributed by atoms with Gasteiger partial charge >= 0.3 is 0 Å². The van der Waals surface area contributed by atoms with Crippen molar-refractivity contribution in [2.45, 2.75) is 52.4 Å². The van der Waals surface area contributed by atoms with Gasteiger partial charge in [-0.05, 0) is 126 Å². The van der Waals surface area contributed by atoms with Gasteiger partial charge in [0, 0.05) is 19.5 Å². The van der Waals surface area contributed by atoms with Crippen LogP contribution in [0.1, 0.15) is 52.7 Å². The Morgan fingerprint density at radius 1 is 0.475 bits per heavy atom. The van der Waals surface area contributed by atoms with Crippen LogP contribution in [-0.2, 0) is 10.8 Å². The second-order valence-electron chi connectivity index (χ2n) is 12.3. The van der Waals surface area contributed by atoms with Gasteiger partial charge in [-0.15, -0.1) is 0 Å². The minimum absolute atomic E-state index is 0.169. The van der Waals surface area contributed by atoms with Gasteiger partial charge in [0.05, 0.1) is 22.4 Å². The third-order valence-electron chi connectivity index (χ3n) is 7.34. The molecule has 0 spiro atoms. The number of fused-ring (bicyclic) bond motifs is 2. The summed E-state index contributed by atoms with van der Waals surface area (Å²) in [5.41, 5.74) is 8.14. The van der Waals surface area contributed by atoms with Crippen molar-refractivity contribution in [3.63, 3.8) is 0 Å². The monoisotopic (exact) mass is 750 g/mol. The van der Waals surface area contributed by atoms with E-state index < -0.39 is 0 Å². The van der Waals surface area contributed by atoms with E-state index in [0.29, 0.717) is 0 Å². The molecule has 4 heteroatoms. The van der Waals surface area contributed by atoms with Crippen LogP contribution >= 0.6 is 45.2 Å². The summed E-state index contributed by atoms with van der Waals surface area (Å²) in [4.78, 5) is 0. The second-order valence-corrected chi connectivity index (χ2v) is 14.6. The fourth-order valence-corrected chi connectivity index (χ4v) is 6.29. The second kappa shape index (κ2) is 11.4. The van der Waals surface area contributed by atoms with Crippen LogP contribution in [0.25, 0.3) is 33.2 Å². The van der Waals surface area contributed by atoms with E-state index in [1.165, 1.54) is 51.4 Å². The molecule has 0 saturated carbocycles. The van der Waals surface area contributed by atoms with E-state index in [0.717, 1.165) is 0 Å². The van der Waals surface area contributed by atoms with Crippen LogP contribution in [0.4, 0.5) is 0 Å². The van der Waals surface area contributed by atoms with Crippen molar-refractivity contribution < 1.29 is 0 Å². The summed E-state index contributed by atoms with van der Waals surface area (Å²) < 4.78 is 7.11. The molecule has 6 rings (SSSR count). The molecular weight excluding hydrogens is 714 g/mol. The Kier molecular flexibility index (Phi) is 8.22. The van der Waals surface area contributed by atoms with Crippen LogP contribution in [0, 0.1) is 7.14 Å². The van der Waals surface area contributed by atoms with Gasteiger partial charge in [-0.2, -0.15) is 0 Å². The summed E-state index contributed by atoms with van der Waals surface area (Å²) in [6, 6.07) is 34.9. The number of para-hydroxylation sites is 2. The van der Waals surface area contributed by atoms with Gasteiger partial charge in [0.2, 0.25) is 0 Å². The summed E-state index contributed by atoms with van der Waals surface area (Å²) in [6.07, 6.45) is 4.31. The molecular formula is C36H36I2N2. The molecule has 40 heavy (non-hydrogen) atoms. The van der Waals surface area contributed by atoms with Gasteiger partial charge in [-0.1, -0.05) is 90.1 Å². The number of nitrogens with zero attached hydrogens (tertiary/aromatic N) is 2. The van der Waals surface area contributed by atoms with Crippen molar-refractivity contribution >= 4 is 67.0 Å². The highest BCUT2D eigenvalue weighted by atomic mass is 127. The SMILES string of the molecule is CC(C)(C)c1ccc(-n2ccc3ccccc32)c(I)c1.CC(C)(C)c1ccc(I)c(-n2ccc3ccccc32)c1. The molecule has 0 aliphatic heterocycles. The lowest BCUT2D eigenvalue weighted by Gasteiger charge is -2.21. The first-order valence-electron chi connectivity index (χ1n) is 13.7. The molecule has 0 unspecified atom stereocenters. The Hall–Kier alpha value is -2.58. The highest BCUT2D eigenvalue weighted by Gasteiger charge is 2.17. The Morgan fingerprint density at radius 3 is 1.48 bits per heavy atom. The fraction of sp³-hybridized carbons (Fsp3) is 0.222. The molecule has 0 aliphatic carbocycles. The number of benzene rings is 4. The predicted octanol–water partition coefficient (Wildman–Crippen LogP) is 11.1. The molecule has 0 atom stereocenters. The smallest absolute Gasteiger partial charge is 0.0592 e. The first kappa shape index (κ1) is 28.9. The van der Waals surface area contributed by atoms with E-state index in [4.69, 9.17) is 0 Å². The highest BCUT2D eigenvalue weighted by Crippen LogP contribution is 2.31. The third-order valence-corrected chi connectivity index (χ3v) is 9.12. The largest absolute Gasteiger partial charge is 0.315 e. The summed E-state index contributed by atoms with van der Waals surface area (Å²) in [7, 11) is 0. The van der Waals surface area contributed by atoms with Crippen molar-refractivity contribution in [3.05, 3.63) is 128 Å². The number of halogens is 2. The Labute approximate surface area is 265 Å². The summed E-state index contributed by atoms with van der Waals surface area (Å²) in [5, 5.41) is 2.56. The highest BCUT2D eigenvalue weighted by molar-refractivity contribution is 14.1. The van der Waals surface area contributed by atoms with E-state index in [9.17, 15) is 0 Å². The van der Waals surface area contributed by atoms with Crippen LogP contribution in [0.2, 0.25) is 0 Å². The van der Waals surface area contributed by atoms with Crippen molar-refractivity contribution in [2.75, 3.05) is 0 Å². The average Bonchev–Trinajstić information content (AvgIpc) is 3.53. The summed E-state index contributed by atoms with van der Waals surface area (Å²) in [6.45, 7) is 13.5. The van der Waals surface area contributed by atoms with E-state index in [-0.39, 0.29) is 10.8 Å². The van der Waals surface area contributed by atoms with Gasteiger partial charge in [0.1, 0.15) is 0 Å². The van der Waals surface area contributed by atoms with Crippen LogP contribution in [-0.4, -0.2) is 9.13 Å². The minimum Gasteiger partial charge on any atom is -0.315 e. The lowest BCUT2D eigenvalue weighted by Crippen LogP contribution is -2.12. The van der Waals surface area contributed by atoms with Gasteiger partial charge in [-0.25, -0.2) is 0 Å². The Balaban J connectivity index is 0.000000161. The van der Waals surface area contributed by atoms with Crippen molar-refractivity contribution in [1.82, 2.24) is 9.13 Å². The van der Waals surface area contributed by atoms with E-state index in [2.05, 4.69) is 205 Å². The van der Waals surface area contributed by atoms with Gasteiger partial charge in [-0.3, -0.25) is 0 Å². The molecule has 0 bridgehead atoms. The molecule has 0 amide bonds. The van der Waals surface area contributed by atoms with Crippen LogP contribution in [0.5, 0.6) is 0 Å². The number of aromatic nitrogens is 2. The molecule has 0 N–H and O–H groups in total. The first-order chi connectivity index (χ1) is 18.9. The molecule has 0 saturated heterocycles. The molecule has 0 aliphatic rings. The van der Waals surface area contributed by atoms with Crippen molar-refractivity contribution in [1.29, 1.82) is 0 Å². The summed E-state index contributed by atoms with van der Waals surface area (Å²) >= 11 is 4.86. The van der Waals surface area contributed by atoms with E-state index >= 15 is 0 Å². The maximum absolute atomic E-state index is 2.44. The molecule has 2 heterocycles. The van der Waals surface area contributed by atoms with Crippen molar-refractivity contribution in [3.8, 4) is 11.4 Å². The fourth-order valence-electron chi connectivity index (χ4n) is 4.92. The van der Waals surface area contributed by atoms with Crippen LogP contribution in [0.15, 0.2) is 109 Å². The quantitative estimate of drug-likeness (QED) is 0.156. The normalized spacial score (nSPS) is 12.0. The standard InChI is InChI=1S/2C18H18IN/c1-18(2,3)14-8-9-17(15(19)12-14)20-11-10-13-6-4-5-7-16(13)20;1-18(2,3)14-8-9-15(19)17(12-14)20-11-10-13-6-4-5-7-16(13)20/h2*4-12H,1-3H3. The zero-order valence-corrected chi connectivity index (χ0v) is 28.4. The number of hydrogen-bond donors (Lipinski definition) is 0. The first-order valence-corrected chi connectivity index (χ1v) is 15.8. The molecule has 6 aromatic rings. The third kappa shape index (κ3) is 6.03. The zero-order chi connectivity index (χ0) is 28.7. The summed E-state index contributed by atoms with van der Waals surface area (Å²) in [5.74, 6) is 0. The molecule has 0 radical (unpaired) electrons. The Morgan fingerprint density at radius 2 is 0.950 bits per heavy atom. The predicted molar refractivity (Wildman–Crippen MR) is 189 cm³/mol. The maximum atomic E-state index is 2.44. The lowest BCUT2D eigenvalue weighted by molar-refractivity contribution is 0.589. The zero-order valence-electron chi connectivity index (χ0n) is 24.0. The van der Waals surface area contributed by atoms with Gasteiger partial charge in [0.15, 0.2) is 0 Å². The van der Waals surface area contributed by atoms with Crippen LogP contribution in [0.3, 0.4) is 0 Å². The maximum Gasteiger partial charge on any atom is 0.0592 e. The van der Waals surface area contributed by atoms with Gasteiger partial charge in [0.25, 0.3) is 0 Å². The van der Waals surface area contributed by atoms with Gasteiger partial charge < -0.3 is 9.13 Å². The lowest BCUT2D eigenvalue weighted by atomic mass is 9.87. The number of rotatable bonds is 2. The topological polar surface area (TPSA) is 9.86 Å². The molecule has 2 nitrogen and oxygen atoms in total.